The lowest BCUT2D eigenvalue weighted by Gasteiger charge is -2.22. The highest BCUT2D eigenvalue weighted by Crippen LogP contribution is 2.19. The van der Waals surface area contributed by atoms with E-state index in [0.717, 1.165) is 6.26 Å². The van der Waals surface area contributed by atoms with E-state index in [0.29, 0.717) is 6.42 Å². The Morgan fingerprint density at radius 2 is 1.75 bits per heavy atom. The van der Waals surface area contributed by atoms with E-state index >= 15 is 0 Å². The first-order valence-corrected chi connectivity index (χ1v) is 6.10. The second-order valence-corrected chi connectivity index (χ2v) is 5.05. The molecule has 0 rings (SSSR count). The molecule has 0 saturated carbocycles. The maximum absolute atomic E-state index is 11.8. The van der Waals surface area contributed by atoms with Gasteiger partial charge in [-0.05, 0) is 27.2 Å². The van der Waals surface area contributed by atoms with E-state index < -0.39 is 35.0 Å². The standard InChI is InChI=1S/C13H20O7/c1-5-6-19-7-8(10(14)15)9(11(16)17)12(18)20-13(2,3)4/h7,9H,5-6H2,1-4H3,(H,14,15)(H,16,17)/t9-/m0/s1. The minimum absolute atomic E-state index is 0.220. The quantitative estimate of drug-likeness (QED) is 0.240. The lowest BCUT2D eigenvalue weighted by molar-refractivity contribution is -0.166. The van der Waals surface area contributed by atoms with Crippen LogP contribution in [0.5, 0.6) is 0 Å². The maximum Gasteiger partial charge on any atom is 0.336 e. The van der Waals surface area contributed by atoms with Crippen LogP contribution in [0.15, 0.2) is 11.8 Å². The average molecular weight is 288 g/mol. The van der Waals surface area contributed by atoms with Gasteiger partial charge in [-0.1, -0.05) is 6.92 Å². The predicted octanol–water partition coefficient (Wildman–Crippen LogP) is 1.42. The molecule has 0 aromatic heterocycles. The highest BCUT2D eigenvalue weighted by molar-refractivity contribution is 6.06. The van der Waals surface area contributed by atoms with Crippen molar-refractivity contribution in [2.45, 2.75) is 39.7 Å². The summed E-state index contributed by atoms with van der Waals surface area (Å²) in [5.41, 5.74) is -1.58. The Hall–Kier alpha value is -2.05. The first-order chi connectivity index (χ1) is 9.10. The fourth-order valence-electron chi connectivity index (χ4n) is 1.23. The zero-order valence-electron chi connectivity index (χ0n) is 12.0. The summed E-state index contributed by atoms with van der Waals surface area (Å²) < 4.78 is 9.82. The molecule has 7 nitrogen and oxygen atoms in total. The Morgan fingerprint density at radius 1 is 1.20 bits per heavy atom. The fraction of sp³-hybridized carbons (Fsp3) is 0.615. The van der Waals surface area contributed by atoms with Crippen LogP contribution in [-0.4, -0.2) is 40.3 Å². The SMILES string of the molecule is CCCOC=C(C(=O)O)[C@@H](C(=O)O)C(=O)OC(C)(C)C. The Labute approximate surface area is 117 Å². The summed E-state index contributed by atoms with van der Waals surface area (Å²) in [4.78, 5) is 34.1. The molecule has 0 spiro atoms. The molecule has 0 aromatic carbocycles. The van der Waals surface area contributed by atoms with E-state index in [1.165, 1.54) is 0 Å². The lowest BCUT2D eigenvalue weighted by atomic mass is 10.00. The van der Waals surface area contributed by atoms with Crippen LogP contribution in [0.3, 0.4) is 0 Å². The molecule has 0 aliphatic heterocycles. The number of esters is 1. The van der Waals surface area contributed by atoms with Crippen LogP contribution in [0.25, 0.3) is 0 Å². The van der Waals surface area contributed by atoms with Gasteiger partial charge in [-0.2, -0.15) is 0 Å². The first kappa shape index (κ1) is 17.9. The minimum atomic E-state index is -1.93. The largest absolute Gasteiger partial charge is 0.501 e. The molecule has 114 valence electrons. The summed E-state index contributed by atoms with van der Waals surface area (Å²) in [5, 5.41) is 18.1. The van der Waals surface area contributed by atoms with Crippen LogP contribution in [-0.2, 0) is 23.9 Å². The van der Waals surface area contributed by atoms with Gasteiger partial charge in [-0.25, -0.2) is 4.79 Å². The van der Waals surface area contributed by atoms with Gasteiger partial charge in [0.25, 0.3) is 0 Å². The van der Waals surface area contributed by atoms with Gasteiger partial charge >= 0.3 is 17.9 Å². The molecule has 0 aliphatic rings. The Kier molecular flexibility index (Phi) is 6.75. The van der Waals surface area contributed by atoms with Crippen molar-refractivity contribution in [1.82, 2.24) is 0 Å². The monoisotopic (exact) mass is 288 g/mol. The van der Waals surface area contributed by atoms with E-state index in [-0.39, 0.29) is 6.61 Å². The summed E-state index contributed by atoms with van der Waals surface area (Å²) in [7, 11) is 0. The van der Waals surface area contributed by atoms with Crippen molar-refractivity contribution >= 4 is 17.9 Å². The second kappa shape index (κ2) is 7.52. The highest BCUT2D eigenvalue weighted by atomic mass is 16.6. The van der Waals surface area contributed by atoms with Crippen molar-refractivity contribution in [2.24, 2.45) is 5.92 Å². The zero-order valence-corrected chi connectivity index (χ0v) is 12.0. The molecule has 0 radical (unpaired) electrons. The summed E-state index contributed by atoms with van der Waals surface area (Å²) in [6.07, 6.45) is 1.40. The Morgan fingerprint density at radius 3 is 2.10 bits per heavy atom. The van der Waals surface area contributed by atoms with Crippen LogP contribution < -0.4 is 0 Å². The third-order valence-corrected chi connectivity index (χ3v) is 1.98. The minimum Gasteiger partial charge on any atom is -0.501 e. The number of carboxylic acid groups (broad SMARTS) is 2. The molecule has 0 amide bonds. The van der Waals surface area contributed by atoms with Gasteiger partial charge < -0.3 is 19.7 Å². The smallest absolute Gasteiger partial charge is 0.336 e. The van der Waals surface area contributed by atoms with Gasteiger partial charge in [0.15, 0.2) is 5.92 Å². The number of aliphatic carboxylic acids is 2. The number of carbonyl (C=O) groups excluding carboxylic acids is 1. The number of hydrogen-bond donors (Lipinski definition) is 2. The molecule has 0 bridgehead atoms. The van der Waals surface area contributed by atoms with Gasteiger partial charge in [-0.3, -0.25) is 9.59 Å². The molecule has 7 heteroatoms. The molecule has 2 N–H and O–H groups in total. The van der Waals surface area contributed by atoms with Crippen molar-refractivity contribution in [3.8, 4) is 0 Å². The zero-order chi connectivity index (χ0) is 15.9. The van der Waals surface area contributed by atoms with Gasteiger partial charge in [0.2, 0.25) is 0 Å². The van der Waals surface area contributed by atoms with Crippen molar-refractivity contribution in [3.05, 3.63) is 11.8 Å². The summed E-state index contributed by atoms with van der Waals surface area (Å²) >= 11 is 0. The van der Waals surface area contributed by atoms with Gasteiger partial charge in [0.05, 0.1) is 18.4 Å². The van der Waals surface area contributed by atoms with Crippen LogP contribution in [0.2, 0.25) is 0 Å². The Bertz CT molecular complexity index is 403. The molecular weight excluding hydrogens is 268 g/mol. The van der Waals surface area contributed by atoms with Crippen molar-refractivity contribution in [3.63, 3.8) is 0 Å². The Balaban J connectivity index is 5.30. The highest BCUT2D eigenvalue weighted by Gasteiger charge is 2.38. The molecule has 0 heterocycles. The molecule has 0 unspecified atom stereocenters. The van der Waals surface area contributed by atoms with E-state index in [1.807, 2.05) is 0 Å². The molecule has 0 aromatic rings. The molecule has 0 aliphatic carbocycles. The number of carboxylic acids is 2. The van der Waals surface area contributed by atoms with Gasteiger partial charge in [-0.15, -0.1) is 0 Å². The predicted molar refractivity (Wildman–Crippen MR) is 68.9 cm³/mol. The lowest BCUT2D eigenvalue weighted by Crippen LogP contribution is -2.35. The maximum atomic E-state index is 11.8. The van der Waals surface area contributed by atoms with Crippen LogP contribution in [0, 0.1) is 5.92 Å². The summed E-state index contributed by atoms with van der Waals surface area (Å²) in [5.74, 6) is -6.21. The molecule has 1 atom stereocenters. The van der Waals surface area contributed by atoms with E-state index in [2.05, 4.69) is 0 Å². The van der Waals surface area contributed by atoms with Crippen molar-refractivity contribution in [1.29, 1.82) is 0 Å². The summed E-state index contributed by atoms with van der Waals surface area (Å²) in [6.45, 7) is 6.69. The van der Waals surface area contributed by atoms with Gasteiger partial charge in [0.1, 0.15) is 5.60 Å². The summed E-state index contributed by atoms with van der Waals surface area (Å²) in [6, 6.07) is 0. The first-order valence-electron chi connectivity index (χ1n) is 6.10. The number of ether oxygens (including phenoxy) is 2. The van der Waals surface area contributed by atoms with Crippen LogP contribution >= 0.6 is 0 Å². The molecule has 0 fully saturated rings. The molecule has 0 saturated heterocycles. The van der Waals surface area contributed by atoms with Crippen molar-refractivity contribution in [2.75, 3.05) is 6.61 Å². The van der Waals surface area contributed by atoms with E-state index in [4.69, 9.17) is 19.7 Å². The molecule has 20 heavy (non-hydrogen) atoms. The number of carbonyl (C=O) groups is 3. The normalized spacial score (nSPS) is 13.5. The van der Waals surface area contributed by atoms with Gasteiger partial charge in [0, 0.05) is 0 Å². The third kappa shape index (κ3) is 6.21. The van der Waals surface area contributed by atoms with Crippen LogP contribution in [0.1, 0.15) is 34.1 Å². The fourth-order valence-corrected chi connectivity index (χ4v) is 1.23. The average Bonchev–Trinajstić information content (AvgIpc) is 2.24. The molecular formula is C13H20O7. The number of rotatable bonds is 7. The second-order valence-electron chi connectivity index (χ2n) is 5.05. The van der Waals surface area contributed by atoms with Crippen molar-refractivity contribution < 1.29 is 34.1 Å². The number of hydrogen-bond acceptors (Lipinski definition) is 5. The van der Waals surface area contributed by atoms with E-state index in [9.17, 15) is 14.4 Å². The van der Waals surface area contributed by atoms with E-state index in [1.54, 1.807) is 27.7 Å². The third-order valence-electron chi connectivity index (χ3n) is 1.98. The topological polar surface area (TPSA) is 110 Å². The van der Waals surface area contributed by atoms with Crippen LogP contribution in [0.4, 0.5) is 0 Å².